The Labute approximate surface area is 88.9 Å². The Bertz CT molecular complexity index is 340. The van der Waals surface area contributed by atoms with Gasteiger partial charge < -0.3 is 0 Å². The van der Waals surface area contributed by atoms with E-state index in [9.17, 15) is 10.1 Å². The van der Waals surface area contributed by atoms with Gasteiger partial charge in [0.2, 0.25) is 0 Å². The molecule has 0 amide bonds. The van der Waals surface area contributed by atoms with Crippen LogP contribution in [0.4, 0.5) is 5.69 Å². The molecule has 0 N–H and O–H groups in total. The quantitative estimate of drug-likeness (QED) is 0.375. The lowest BCUT2D eigenvalue weighted by Gasteiger charge is -2.00. The highest BCUT2D eigenvalue weighted by atomic mass is 127. The van der Waals surface area contributed by atoms with Crippen LogP contribution in [-0.2, 0) is 0 Å². The maximum atomic E-state index is 10.5. The lowest BCUT2D eigenvalue weighted by molar-refractivity contribution is -0.385. The number of nitrogens with zero attached hydrogens (tertiary/aromatic N) is 1. The summed E-state index contributed by atoms with van der Waals surface area (Å²) in [4.78, 5) is 10.7. The van der Waals surface area contributed by atoms with Gasteiger partial charge in [-0.05, 0) is 35.6 Å². The first-order valence-electron chi connectivity index (χ1n) is 3.16. The normalized spacial score (nSPS) is 9.92. The molecule has 0 bridgehead atoms. The minimum atomic E-state index is -0.392. The van der Waals surface area contributed by atoms with Crippen LogP contribution in [0.25, 0.3) is 0 Å². The Morgan fingerprint density at radius 2 is 2.17 bits per heavy atom. The van der Waals surface area contributed by atoms with Gasteiger partial charge in [-0.3, -0.25) is 10.1 Å². The molecule has 3 nitrogen and oxygen atoms in total. The summed E-state index contributed by atoms with van der Waals surface area (Å²) in [6.07, 6.45) is 0. The highest BCUT2D eigenvalue weighted by Crippen LogP contribution is 2.26. The highest BCUT2D eigenvalue weighted by molar-refractivity contribution is 14.1. The predicted molar refractivity (Wildman–Crippen MR) is 57.8 cm³/mol. The molecule has 0 fully saturated rings. The number of benzene rings is 1. The molecular formula is C7H6INO2S. The van der Waals surface area contributed by atoms with Crippen molar-refractivity contribution >= 4 is 40.9 Å². The van der Waals surface area contributed by atoms with E-state index < -0.39 is 4.92 Å². The fourth-order valence-corrected chi connectivity index (χ4v) is 1.95. The van der Waals surface area contributed by atoms with Gasteiger partial charge in [0.15, 0.2) is 0 Å². The van der Waals surface area contributed by atoms with Crippen LogP contribution in [0.1, 0.15) is 5.56 Å². The van der Waals surface area contributed by atoms with E-state index in [2.05, 4.69) is 35.2 Å². The minimum Gasteiger partial charge on any atom is -0.258 e. The van der Waals surface area contributed by atoms with Crippen LogP contribution in [0.2, 0.25) is 0 Å². The molecular weight excluding hydrogens is 289 g/mol. The van der Waals surface area contributed by atoms with Crippen molar-refractivity contribution in [2.24, 2.45) is 0 Å². The molecule has 0 unspecified atom stereocenters. The van der Waals surface area contributed by atoms with E-state index >= 15 is 0 Å². The van der Waals surface area contributed by atoms with Crippen molar-refractivity contribution in [3.63, 3.8) is 0 Å². The molecule has 1 rings (SSSR count). The zero-order valence-electron chi connectivity index (χ0n) is 6.24. The van der Waals surface area contributed by atoms with E-state index in [1.165, 1.54) is 6.07 Å². The second-order valence-electron chi connectivity index (χ2n) is 2.33. The van der Waals surface area contributed by atoms with E-state index in [1.807, 2.05) is 0 Å². The number of rotatable bonds is 1. The average molecular weight is 295 g/mol. The number of halogens is 1. The third-order valence-electron chi connectivity index (χ3n) is 1.50. The zero-order valence-corrected chi connectivity index (χ0v) is 9.30. The van der Waals surface area contributed by atoms with Crippen LogP contribution in [0, 0.1) is 20.6 Å². The summed E-state index contributed by atoms with van der Waals surface area (Å²) < 4.78 is 0.867. The van der Waals surface area contributed by atoms with Gasteiger partial charge in [0.1, 0.15) is 0 Å². The summed E-state index contributed by atoms with van der Waals surface area (Å²) in [5.74, 6) is 0. The first-order chi connectivity index (χ1) is 5.52. The van der Waals surface area contributed by atoms with E-state index in [4.69, 9.17) is 0 Å². The molecule has 64 valence electrons. The van der Waals surface area contributed by atoms with Crippen molar-refractivity contribution in [1.82, 2.24) is 0 Å². The lowest BCUT2D eigenvalue weighted by Crippen LogP contribution is -1.93. The maximum Gasteiger partial charge on any atom is 0.274 e. The Balaban J connectivity index is 3.37. The van der Waals surface area contributed by atoms with Crippen molar-refractivity contribution in [1.29, 1.82) is 0 Å². The van der Waals surface area contributed by atoms with Crippen molar-refractivity contribution < 1.29 is 4.92 Å². The monoisotopic (exact) mass is 295 g/mol. The number of hydrogen-bond acceptors (Lipinski definition) is 3. The van der Waals surface area contributed by atoms with Gasteiger partial charge in [0.25, 0.3) is 5.69 Å². The lowest BCUT2D eigenvalue weighted by atomic mass is 10.2. The molecule has 0 aliphatic rings. The summed E-state index contributed by atoms with van der Waals surface area (Å²) in [5.41, 5.74) is 0.824. The summed E-state index contributed by atoms with van der Waals surface area (Å²) >= 11 is 6.11. The zero-order chi connectivity index (χ0) is 9.30. The Hall–Kier alpha value is -0.300. The van der Waals surface area contributed by atoms with Crippen LogP contribution >= 0.6 is 35.2 Å². The first-order valence-corrected chi connectivity index (χ1v) is 4.68. The van der Waals surface area contributed by atoms with Crippen molar-refractivity contribution in [2.75, 3.05) is 0 Å². The third kappa shape index (κ3) is 1.89. The second-order valence-corrected chi connectivity index (χ2v) is 4.01. The van der Waals surface area contributed by atoms with Crippen LogP contribution in [0.15, 0.2) is 17.0 Å². The van der Waals surface area contributed by atoms with Gasteiger partial charge in [-0.1, -0.05) is 0 Å². The molecule has 0 aliphatic heterocycles. The van der Waals surface area contributed by atoms with Crippen LogP contribution in [-0.4, -0.2) is 4.92 Å². The molecule has 0 spiro atoms. The Kier molecular flexibility index (Phi) is 2.94. The number of hydrogen-bond donors (Lipinski definition) is 1. The van der Waals surface area contributed by atoms with Gasteiger partial charge >= 0.3 is 0 Å². The number of nitro benzene ring substituents is 1. The van der Waals surface area contributed by atoms with E-state index in [0.717, 1.165) is 3.57 Å². The Morgan fingerprint density at radius 3 is 2.67 bits per heavy atom. The molecule has 0 radical (unpaired) electrons. The van der Waals surface area contributed by atoms with Gasteiger partial charge in [-0.2, -0.15) is 0 Å². The van der Waals surface area contributed by atoms with Gasteiger partial charge in [0, 0.05) is 20.1 Å². The van der Waals surface area contributed by atoms with Crippen molar-refractivity contribution in [3.05, 3.63) is 31.4 Å². The molecule has 1 aromatic rings. The molecule has 0 saturated carbocycles. The molecule has 12 heavy (non-hydrogen) atoms. The predicted octanol–water partition coefficient (Wildman–Crippen LogP) is 2.80. The maximum absolute atomic E-state index is 10.5. The van der Waals surface area contributed by atoms with Crippen molar-refractivity contribution in [3.8, 4) is 0 Å². The van der Waals surface area contributed by atoms with Crippen LogP contribution in [0.5, 0.6) is 0 Å². The standard InChI is InChI=1S/C7H6INO2S/c1-4-6(8)2-5(12)3-7(4)9(10)11/h2-3,12H,1H3. The fourth-order valence-electron chi connectivity index (χ4n) is 0.840. The molecule has 0 saturated heterocycles. The topological polar surface area (TPSA) is 43.1 Å². The van der Waals surface area contributed by atoms with E-state index in [0.29, 0.717) is 10.5 Å². The number of thiol groups is 1. The van der Waals surface area contributed by atoms with Gasteiger partial charge in [-0.15, -0.1) is 12.6 Å². The fraction of sp³-hybridized carbons (Fsp3) is 0.143. The van der Waals surface area contributed by atoms with Crippen LogP contribution < -0.4 is 0 Å². The second kappa shape index (κ2) is 3.61. The van der Waals surface area contributed by atoms with Gasteiger partial charge in [-0.25, -0.2) is 0 Å². The molecule has 5 heteroatoms. The third-order valence-corrected chi connectivity index (χ3v) is 2.88. The van der Waals surface area contributed by atoms with E-state index in [1.54, 1.807) is 13.0 Å². The highest BCUT2D eigenvalue weighted by Gasteiger charge is 2.13. The molecule has 0 aliphatic carbocycles. The summed E-state index contributed by atoms with van der Waals surface area (Å²) in [5, 5.41) is 10.5. The smallest absolute Gasteiger partial charge is 0.258 e. The van der Waals surface area contributed by atoms with Crippen molar-refractivity contribution in [2.45, 2.75) is 11.8 Å². The van der Waals surface area contributed by atoms with E-state index in [-0.39, 0.29) is 5.69 Å². The summed E-state index contributed by atoms with van der Waals surface area (Å²) in [6, 6.07) is 3.26. The first kappa shape index (κ1) is 9.79. The SMILES string of the molecule is Cc1c(I)cc(S)cc1[N+](=O)[O-]. The molecule has 1 aromatic carbocycles. The average Bonchev–Trinajstić information content (AvgIpc) is 1.96. The number of nitro groups is 1. The molecule has 0 aromatic heterocycles. The van der Waals surface area contributed by atoms with Crippen LogP contribution in [0.3, 0.4) is 0 Å². The molecule has 0 heterocycles. The minimum absolute atomic E-state index is 0.131. The largest absolute Gasteiger partial charge is 0.274 e. The summed E-state index contributed by atoms with van der Waals surface area (Å²) in [6.45, 7) is 1.73. The molecule has 0 atom stereocenters. The van der Waals surface area contributed by atoms with Gasteiger partial charge in [0.05, 0.1) is 4.92 Å². The summed E-state index contributed by atoms with van der Waals surface area (Å²) in [7, 11) is 0. The Morgan fingerprint density at radius 1 is 1.58 bits per heavy atom.